The van der Waals surface area contributed by atoms with Gasteiger partial charge in [-0.05, 0) is 49.1 Å². The lowest BCUT2D eigenvalue weighted by molar-refractivity contribution is 0.0781. The average molecular weight is 321 g/mol. The highest BCUT2D eigenvalue weighted by atomic mass is 16.2. The molecule has 2 aromatic rings. The number of carbonyl (C=O) groups is 1. The van der Waals surface area contributed by atoms with Crippen molar-refractivity contribution >= 4 is 5.91 Å². The molecule has 0 bridgehead atoms. The third kappa shape index (κ3) is 3.05. The lowest BCUT2D eigenvalue weighted by Gasteiger charge is -2.32. The summed E-state index contributed by atoms with van der Waals surface area (Å²) in [5, 5.41) is 0. The monoisotopic (exact) mass is 321 g/mol. The number of carbonyl (C=O) groups excluding carboxylic acids is 1. The number of fused-ring (bicyclic) bond motifs is 1. The van der Waals surface area contributed by atoms with Gasteiger partial charge >= 0.3 is 0 Å². The summed E-state index contributed by atoms with van der Waals surface area (Å²) in [6, 6.07) is 9.67. The van der Waals surface area contributed by atoms with Crippen LogP contribution in [0.4, 0.5) is 0 Å². The fraction of sp³-hybridized carbons (Fsp3) is 0.450. The first-order valence-electron chi connectivity index (χ1n) is 8.90. The molecule has 1 saturated heterocycles. The van der Waals surface area contributed by atoms with Crippen LogP contribution in [0.1, 0.15) is 35.3 Å². The van der Waals surface area contributed by atoms with E-state index in [1.54, 1.807) is 12.4 Å². The first-order chi connectivity index (χ1) is 11.8. The molecule has 2 aliphatic rings. The van der Waals surface area contributed by atoms with Crippen molar-refractivity contribution in [1.82, 2.24) is 14.9 Å². The van der Waals surface area contributed by atoms with Gasteiger partial charge in [-0.3, -0.25) is 14.8 Å². The van der Waals surface area contributed by atoms with Gasteiger partial charge in [-0.1, -0.05) is 24.6 Å². The molecule has 4 rings (SSSR count). The Bertz CT molecular complexity index is 689. The number of aromatic nitrogens is 2. The van der Waals surface area contributed by atoms with Gasteiger partial charge in [-0.25, -0.2) is 0 Å². The Morgan fingerprint density at radius 3 is 2.79 bits per heavy atom. The molecular weight excluding hydrogens is 298 g/mol. The molecule has 1 saturated carbocycles. The molecule has 0 unspecified atom stereocenters. The zero-order chi connectivity index (χ0) is 16.4. The van der Waals surface area contributed by atoms with Crippen molar-refractivity contribution in [2.24, 2.45) is 17.8 Å². The summed E-state index contributed by atoms with van der Waals surface area (Å²) in [5.41, 5.74) is 1.89. The first kappa shape index (κ1) is 15.3. The van der Waals surface area contributed by atoms with E-state index in [2.05, 4.69) is 14.9 Å². The second-order valence-electron chi connectivity index (χ2n) is 7.09. The Labute approximate surface area is 142 Å². The molecule has 4 nitrogen and oxygen atoms in total. The van der Waals surface area contributed by atoms with Gasteiger partial charge in [0.25, 0.3) is 5.91 Å². The normalized spacial score (nSPS) is 26.2. The number of likely N-dealkylation sites (tertiary alicyclic amines) is 1. The van der Waals surface area contributed by atoms with Gasteiger partial charge in [-0.2, -0.15) is 0 Å². The maximum absolute atomic E-state index is 12.8. The molecule has 1 aromatic carbocycles. The van der Waals surface area contributed by atoms with Crippen LogP contribution in [0, 0.1) is 17.8 Å². The van der Waals surface area contributed by atoms with Gasteiger partial charge in [0.1, 0.15) is 0 Å². The van der Waals surface area contributed by atoms with E-state index in [0.29, 0.717) is 17.8 Å². The second kappa shape index (κ2) is 6.71. The zero-order valence-corrected chi connectivity index (χ0v) is 13.8. The van der Waals surface area contributed by atoms with Crippen LogP contribution >= 0.6 is 0 Å². The molecule has 1 aromatic heterocycles. The Morgan fingerprint density at radius 2 is 2.00 bits per heavy atom. The molecule has 4 heteroatoms. The van der Waals surface area contributed by atoms with E-state index in [0.717, 1.165) is 30.8 Å². The van der Waals surface area contributed by atoms with Gasteiger partial charge in [0.05, 0.1) is 5.69 Å². The Morgan fingerprint density at radius 1 is 1.12 bits per heavy atom. The lowest BCUT2D eigenvalue weighted by Crippen LogP contribution is -2.30. The van der Waals surface area contributed by atoms with Crippen molar-refractivity contribution in [2.45, 2.75) is 25.7 Å². The molecule has 0 spiro atoms. The Balaban J connectivity index is 1.47. The predicted molar refractivity (Wildman–Crippen MR) is 92.4 cm³/mol. The van der Waals surface area contributed by atoms with E-state index < -0.39 is 0 Å². The standard InChI is InChI=1S/C20H23N3O/c24-20(15-5-2-1-3-6-15)23-13-17-8-4-7-16(19(17)14-23)11-18-12-21-9-10-22-18/h1-3,5-6,9-10,12,16-17,19H,4,7-8,11,13-14H2/t16-,17-,19-/m1/s1. The Hall–Kier alpha value is -2.23. The highest BCUT2D eigenvalue weighted by Crippen LogP contribution is 2.41. The van der Waals surface area contributed by atoms with Gasteiger partial charge in [0.2, 0.25) is 0 Å². The van der Waals surface area contributed by atoms with E-state index in [9.17, 15) is 4.79 Å². The molecule has 0 N–H and O–H groups in total. The van der Waals surface area contributed by atoms with Crippen molar-refractivity contribution in [2.75, 3.05) is 13.1 Å². The summed E-state index contributed by atoms with van der Waals surface area (Å²) < 4.78 is 0. The fourth-order valence-corrected chi connectivity index (χ4v) is 4.48. The number of nitrogens with zero attached hydrogens (tertiary/aromatic N) is 3. The largest absolute Gasteiger partial charge is 0.338 e. The van der Waals surface area contributed by atoms with Gasteiger partial charge in [0, 0.05) is 37.2 Å². The van der Waals surface area contributed by atoms with E-state index in [1.807, 2.05) is 36.5 Å². The van der Waals surface area contributed by atoms with E-state index in [4.69, 9.17) is 0 Å². The smallest absolute Gasteiger partial charge is 0.253 e. The van der Waals surface area contributed by atoms with Crippen molar-refractivity contribution in [3.8, 4) is 0 Å². The summed E-state index contributed by atoms with van der Waals surface area (Å²) in [6.07, 6.45) is 10.1. The van der Waals surface area contributed by atoms with Crippen molar-refractivity contribution < 1.29 is 4.79 Å². The van der Waals surface area contributed by atoms with Crippen LogP contribution in [-0.4, -0.2) is 33.9 Å². The number of amides is 1. The SMILES string of the molecule is O=C(c1ccccc1)N1C[C@H]2CCC[C@H](Cc3cnccn3)[C@H]2C1. The molecule has 24 heavy (non-hydrogen) atoms. The first-order valence-corrected chi connectivity index (χ1v) is 8.90. The lowest BCUT2D eigenvalue weighted by atomic mass is 9.72. The predicted octanol–water partition coefficient (Wildman–Crippen LogP) is 3.21. The minimum atomic E-state index is 0.184. The van der Waals surface area contributed by atoms with Crippen molar-refractivity contribution in [3.05, 3.63) is 60.2 Å². The average Bonchev–Trinajstić information content (AvgIpc) is 3.08. The number of hydrogen-bond donors (Lipinski definition) is 0. The molecule has 3 atom stereocenters. The molecule has 2 heterocycles. The number of benzene rings is 1. The van der Waals surface area contributed by atoms with E-state index in [-0.39, 0.29) is 5.91 Å². The third-order valence-corrected chi connectivity index (χ3v) is 5.64. The van der Waals surface area contributed by atoms with Gasteiger partial charge in [-0.15, -0.1) is 0 Å². The van der Waals surface area contributed by atoms with Crippen LogP contribution in [0.2, 0.25) is 0 Å². The molecule has 124 valence electrons. The summed E-state index contributed by atoms with van der Waals surface area (Å²) >= 11 is 0. The minimum Gasteiger partial charge on any atom is -0.338 e. The third-order valence-electron chi connectivity index (χ3n) is 5.64. The summed E-state index contributed by atoms with van der Waals surface area (Å²) in [4.78, 5) is 23.5. The van der Waals surface area contributed by atoms with Crippen LogP contribution in [0.3, 0.4) is 0 Å². The number of rotatable bonds is 3. The maximum atomic E-state index is 12.8. The molecule has 2 fully saturated rings. The fourth-order valence-electron chi connectivity index (χ4n) is 4.48. The molecular formula is C20H23N3O. The van der Waals surface area contributed by atoms with Gasteiger partial charge < -0.3 is 4.90 Å². The van der Waals surface area contributed by atoms with Gasteiger partial charge in [0.15, 0.2) is 0 Å². The molecule has 0 radical (unpaired) electrons. The highest BCUT2D eigenvalue weighted by Gasteiger charge is 2.41. The van der Waals surface area contributed by atoms with E-state index >= 15 is 0 Å². The van der Waals surface area contributed by atoms with Crippen molar-refractivity contribution in [1.29, 1.82) is 0 Å². The summed E-state index contributed by atoms with van der Waals surface area (Å²) in [7, 11) is 0. The quantitative estimate of drug-likeness (QED) is 0.872. The molecule has 1 aliphatic carbocycles. The van der Waals surface area contributed by atoms with E-state index in [1.165, 1.54) is 19.3 Å². The van der Waals surface area contributed by atoms with Crippen LogP contribution in [-0.2, 0) is 6.42 Å². The summed E-state index contributed by atoms with van der Waals surface area (Å²) in [6.45, 7) is 1.80. The van der Waals surface area contributed by atoms with Crippen LogP contribution in [0.25, 0.3) is 0 Å². The minimum absolute atomic E-state index is 0.184. The number of hydrogen-bond acceptors (Lipinski definition) is 3. The second-order valence-corrected chi connectivity index (χ2v) is 7.09. The highest BCUT2D eigenvalue weighted by molar-refractivity contribution is 5.94. The van der Waals surface area contributed by atoms with Crippen LogP contribution < -0.4 is 0 Å². The van der Waals surface area contributed by atoms with Crippen molar-refractivity contribution in [3.63, 3.8) is 0 Å². The van der Waals surface area contributed by atoms with Crippen LogP contribution in [0.5, 0.6) is 0 Å². The maximum Gasteiger partial charge on any atom is 0.253 e. The zero-order valence-electron chi connectivity index (χ0n) is 13.8. The van der Waals surface area contributed by atoms with Crippen LogP contribution in [0.15, 0.2) is 48.9 Å². The molecule has 1 amide bonds. The summed E-state index contributed by atoms with van der Waals surface area (Å²) in [5.74, 6) is 2.05. The Kier molecular flexibility index (Phi) is 4.28. The topological polar surface area (TPSA) is 46.1 Å². The molecule has 1 aliphatic heterocycles.